The second kappa shape index (κ2) is 14.5. The number of allylic oxidation sites excluding steroid dienone is 1. The van der Waals surface area contributed by atoms with Gasteiger partial charge in [0.1, 0.15) is 28.6 Å². The van der Waals surface area contributed by atoms with Crippen LogP contribution in [-0.2, 0) is 20.9 Å². The van der Waals surface area contributed by atoms with Crippen LogP contribution >= 0.6 is 0 Å². The van der Waals surface area contributed by atoms with Crippen LogP contribution < -0.4 is 10.1 Å². The summed E-state index contributed by atoms with van der Waals surface area (Å²) in [6, 6.07) is 8.37. The molecule has 0 saturated carbocycles. The molecule has 3 aromatic rings. The second-order valence-corrected chi connectivity index (χ2v) is 10.9. The molecule has 1 aliphatic rings. The van der Waals surface area contributed by atoms with Crippen molar-refractivity contribution in [1.29, 1.82) is 0 Å². The van der Waals surface area contributed by atoms with E-state index in [0.717, 1.165) is 11.3 Å². The van der Waals surface area contributed by atoms with E-state index in [2.05, 4.69) is 15.5 Å². The van der Waals surface area contributed by atoms with Gasteiger partial charge < -0.3 is 25.0 Å². The Bertz CT molecular complexity index is 1480. The van der Waals surface area contributed by atoms with Crippen LogP contribution in [0.4, 0.5) is 0 Å². The molecule has 0 bridgehead atoms. The summed E-state index contributed by atoms with van der Waals surface area (Å²) in [5.74, 6) is -1.82. The number of benzene rings is 2. The number of Topliss-reactive ketones (excluding diaryl/α,β-unsaturated/α-hetero) is 1. The Kier molecular flexibility index (Phi) is 10.6. The fraction of sp³-hybridized carbons (Fsp3) is 0.394. The smallest absolute Gasteiger partial charge is 0.342 e. The monoisotopic (exact) mass is 589 g/mol. The molecule has 0 saturated heterocycles. The number of amides is 1. The van der Waals surface area contributed by atoms with Crippen molar-refractivity contribution in [2.24, 2.45) is 0 Å². The lowest BCUT2D eigenvalue weighted by atomic mass is 9.84. The van der Waals surface area contributed by atoms with Crippen molar-refractivity contribution in [2.75, 3.05) is 7.11 Å². The number of aromatic amines is 1. The van der Waals surface area contributed by atoms with Crippen LogP contribution in [0.3, 0.4) is 0 Å². The van der Waals surface area contributed by atoms with Crippen LogP contribution in [0.15, 0.2) is 42.6 Å². The highest BCUT2D eigenvalue weighted by Crippen LogP contribution is 2.44. The second-order valence-electron chi connectivity index (χ2n) is 10.9. The third-order valence-corrected chi connectivity index (χ3v) is 7.72. The number of hydrogen-bond donors (Lipinski definition) is 4. The Morgan fingerprint density at radius 2 is 1.93 bits per heavy atom. The summed E-state index contributed by atoms with van der Waals surface area (Å²) in [6.45, 7) is 3.85. The Morgan fingerprint density at radius 1 is 1.19 bits per heavy atom. The number of rotatable bonds is 7. The lowest BCUT2D eigenvalue weighted by Crippen LogP contribution is -2.25. The third-order valence-electron chi connectivity index (χ3n) is 7.72. The number of H-pyrrole nitrogens is 1. The number of fused-ring (bicyclic) bond motifs is 1. The van der Waals surface area contributed by atoms with Crippen molar-refractivity contribution in [3.63, 3.8) is 0 Å². The number of hydrogen-bond acceptors (Lipinski definition) is 8. The first-order valence-corrected chi connectivity index (χ1v) is 14.6. The van der Waals surface area contributed by atoms with Crippen LogP contribution in [0.1, 0.15) is 96.1 Å². The molecule has 228 valence electrons. The first-order chi connectivity index (χ1) is 20.7. The van der Waals surface area contributed by atoms with Gasteiger partial charge in [-0.2, -0.15) is 5.10 Å². The number of carbonyl (C=O) groups excluding carboxylic acids is 3. The summed E-state index contributed by atoms with van der Waals surface area (Å²) < 4.78 is 11.0. The van der Waals surface area contributed by atoms with Gasteiger partial charge in [0.2, 0.25) is 5.91 Å². The molecule has 2 aromatic carbocycles. The Morgan fingerprint density at radius 3 is 2.63 bits per heavy atom. The summed E-state index contributed by atoms with van der Waals surface area (Å²) in [5, 5.41) is 32.7. The number of aromatic hydroxyl groups is 2. The molecular formula is C33H39N3O7. The van der Waals surface area contributed by atoms with E-state index in [4.69, 9.17) is 9.47 Å². The molecule has 10 heteroatoms. The number of nitrogens with one attached hydrogen (secondary N) is 2. The van der Waals surface area contributed by atoms with E-state index < -0.39 is 23.7 Å². The summed E-state index contributed by atoms with van der Waals surface area (Å²) in [7, 11) is 1.54. The number of aryl methyl sites for hydroxylation is 1. The molecule has 1 amide bonds. The number of cyclic esters (lactones) is 1. The minimum Gasteiger partial charge on any atom is -0.507 e. The van der Waals surface area contributed by atoms with Gasteiger partial charge in [-0.1, -0.05) is 24.3 Å². The lowest BCUT2D eigenvalue weighted by Gasteiger charge is -2.23. The third kappa shape index (κ3) is 8.03. The predicted octanol–water partition coefficient (Wildman–Crippen LogP) is 5.46. The fourth-order valence-electron chi connectivity index (χ4n) is 5.25. The van der Waals surface area contributed by atoms with Gasteiger partial charge in [-0.3, -0.25) is 14.7 Å². The van der Waals surface area contributed by atoms with E-state index in [1.807, 2.05) is 6.92 Å². The summed E-state index contributed by atoms with van der Waals surface area (Å²) in [5.41, 5.74) is 2.54. The minimum atomic E-state index is -0.810. The summed E-state index contributed by atoms with van der Waals surface area (Å²) >= 11 is 0. The van der Waals surface area contributed by atoms with E-state index in [0.29, 0.717) is 49.8 Å². The quantitative estimate of drug-likeness (QED) is 0.265. The van der Waals surface area contributed by atoms with Crippen molar-refractivity contribution in [3.8, 4) is 17.2 Å². The first-order valence-electron chi connectivity index (χ1n) is 14.6. The highest BCUT2D eigenvalue weighted by Gasteiger charge is 2.31. The highest BCUT2D eigenvalue weighted by atomic mass is 16.5. The lowest BCUT2D eigenvalue weighted by molar-refractivity contribution is -0.121. The van der Waals surface area contributed by atoms with Crippen molar-refractivity contribution < 1.29 is 34.1 Å². The van der Waals surface area contributed by atoms with Crippen LogP contribution in [-0.4, -0.2) is 51.3 Å². The fourth-order valence-corrected chi connectivity index (χ4v) is 5.25. The summed E-state index contributed by atoms with van der Waals surface area (Å²) in [4.78, 5) is 38.8. The Hall–Kier alpha value is -4.60. The molecule has 10 nitrogen and oxygen atoms in total. The molecule has 4 N–H and O–H groups in total. The van der Waals surface area contributed by atoms with E-state index in [1.54, 1.807) is 56.6 Å². The molecule has 0 aliphatic carbocycles. The number of phenols is 2. The molecule has 2 heterocycles. The van der Waals surface area contributed by atoms with Gasteiger partial charge in [-0.15, -0.1) is 0 Å². The molecule has 4 rings (SSSR count). The normalized spacial score (nSPS) is 17.0. The number of ketones is 1. The molecule has 0 radical (unpaired) electrons. The topological polar surface area (TPSA) is 151 Å². The maximum absolute atomic E-state index is 13.5. The van der Waals surface area contributed by atoms with Gasteiger partial charge in [0.25, 0.3) is 0 Å². The zero-order valence-electron chi connectivity index (χ0n) is 24.8. The van der Waals surface area contributed by atoms with Crippen LogP contribution in [0, 0.1) is 6.92 Å². The first kappa shape index (κ1) is 31.3. The number of ether oxygens (including phenoxy) is 2. The zero-order valence-corrected chi connectivity index (χ0v) is 24.8. The number of nitrogens with zero attached hydrogens (tertiary/aromatic N) is 1. The number of carbonyl (C=O) groups is 3. The highest BCUT2D eigenvalue weighted by molar-refractivity contribution is 5.98. The van der Waals surface area contributed by atoms with E-state index >= 15 is 0 Å². The number of aromatic nitrogens is 2. The molecule has 1 unspecified atom stereocenters. The molecule has 43 heavy (non-hydrogen) atoms. The molecule has 0 fully saturated rings. The SMILES string of the molecule is COc1ccc(C(CC(=O)NCc2cn[nH]c2C)c2c(O)cc3c(c2O)C(=O)O[C@@H](C)CCCC(=O)CCCC=C3)cc1. The molecule has 1 aliphatic heterocycles. The van der Waals surface area contributed by atoms with Crippen LogP contribution in [0.5, 0.6) is 17.2 Å². The zero-order chi connectivity index (χ0) is 30.9. The van der Waals surface area contributed by atoms with Gasteiger partial charge in [0.05, 0.1) is 19.4 Å². The molecule has 1 aromatic heterocycles. The van der Waals surface area contributed by atoms with Crippen molar-refractivity contribution >= 4 is 23.7 Å². The van der Waals surface area contributed by atoms with Gasteiger partial charge in [0.15, 0.2) is 0 Å². The Labute approximate surface area is 251 Å². The minimum absolute atomic E-state index is 0.0447. The van der Waals surface area contributed by atoms with E-state index in [9.17, 15) is 24.6 Å². The molecular weight excluding hydrogens is 550 g/mol. The van der Waals surface area contributed by atoms with Gasteiger partial charge >= 0.3 is 5.97 Å². The average Bonchev–Trinajstić information content (AvgIpc) is 3.39. The number of phenolic OH excluding ortho intramolecular Hbond substituents is 2. The molecule has 0 spiro atoms. The van der Waals surface area contributed by atoms with Gasteiger partial charge in [-0.05, 0) is 68.9 Å². The van der Waals surface area contributed by atoms with E-state index in [-0.39, 0.29) is 47.1 Å². The average molecular weight is 590 g/mol. The standard InChI is InChI=1S/C33H39N3O7/c1-20-8-7-11-25(37)10-6-4-5-9-23-16-28(38)31(32(40)30(23)33(41)43-20)27(22-12-14-26(42-3)15-13-22)17-29(39)34-18-24-19-35-36-21(24)2/h5,9,12-16,19-20,27,38,40H,4,6-8,10-11,17-18H2,1-3H3,(H,34,39)(H,35,36)/t20-,27?/m0/s1. The van der Waals surface area contributed by atoms with Crippen molar-refractivity contribution in [1.82, 2.24) is 15.5 Å². The Balaban J connectivity index is 1.75. The summed E-state index contributed by atoms with van der Waals surface area (Å²) in [6.07, 6.45) is 7.70. The maximum atomic E-state index is 13.5. The molecule has 2 atom stereocenters. The van der Waals surface area contributed by atoms with E-state index in [1.165, 1.54) is 6.07 Å². The predicted molar refractivity (Wildman–Crippen MR) is 161 cm³/mol. The van der Waals surface area contributed by atoms with Crippen LogP contribution in [0.25, 0.3) is 6.08 Å². The van der Waals surface area contributed by atoms with Gasteiger partial charge in [0, 0.05) is 48.5 Å². The number of methoxy groups -OCH3 is 1. The van der Waals surface area contributed by atoms with Crippen molar-refractivity contribution in [3.05, 3.63) is 76.1 Å². The largest absolute Gasteiger partial charge is 0.507 e. The van der Waals surface area contributed by atoms with Crippen LogP contribution in [0.2, 0.25) is 0 Å². The van der Waals surface area contributed by atoms with Gasteiger partial charge in [-0.25, -0.2) is 4.79 Å². The number of esters is 1. The maximum Gasteiger partial charge on any atom is 0.342 e. The van der Waals surface area contributed by atoms with Crippen molar-refractivity contribution in [2.45, 2.75) is 77.4 Å².